The molecule has 1 aromatic carbocycles. The summed E-state index contributed by atoms with van der Waals surface area (Å²) in [6.07, 6.45) is 8.40. The molecule has 132 valence electrons. The van der Waals surface area contributed by atoms with Crippen LogP contribution in [-0.2, 0) is 6.42 Å². The lowest BCUT2D eigenvalue weighted by atomic mass is 9.74. The summed E-state index contributed by atoms with van der Waals surface area (Å²) in [5.41, 5.74) is 5.32. The van der Waals surface area contributed by atoms with Crippen LogP contribution in [0.15, 0.2) is 17.7 Å². The average molecular weight is 328 g/mol. The van der Waals surface area contributed by atoms with Crippen molar-refractivity contribution in [3.63, 3.8) is 0 Å². The van der Waals surface area contributed by atoms with Gasteiger partial charge in [0.1, 0.15) is 17.1 Å². The van der Waals surface area contributed by atoms with Gasteiger partial charge in [-0.05, 0) is 80.7 Å². The highest BCUT2D eigenvalue weighted by molar-refractivity contribution is 5.81. The van der Waals surface area contributed by atoms with Gasteiger partial charge < -0.3 is 9.47 Å². The van der Waals surface area contributed by atoms with Crippen LogP contribution in [0, 0.1) is 5.92 Å². The van der Waals surface area contributed by atoms with Crippen LogP contribution in [0.2, 0.25) is 0 Å². The van der Waals surface area contributed by atoms with Gasteiger partial charge in [0.15, 0.2) is 0 Å². The molecule has 2 heteroatoms. The van der Waals surface area contributed by atoms with E-state index in [0.717, 1.165) is 36.7 Å². The van der Waals surface area contributed by atoms with Crippen molar-refractivity contribution in [3.05, 3.63) is 28.8 Å². The van der Waals surface area contributed by atoms with E-state index in [0.29, 0.717) is 0 Å². The second kappa shape index (κ2) is 6.82. The van der Waals surface area contributed by atoms with Crippen LogP contribution < -0.4 is 9.47 Å². The van der Waals surface area contributed by atoms with Crippen LogP contribution in [-0.4, -0.2) is 12.7 Å². The van der Waals surface area contributed by atoms with Crippen molar-refractivity contribution in [1.82, 2.24) is 0 Å². The van der Waals surface area contributed by atoms with Crippen molar-refractivity contribution in [2.75, 3.05) is 7.11 Å². The average Bonchev–Trinajstić information content (AvgIpc) is 2.53. The zero-order valence-corrected chi connectivity index (χ0v) is 16.0. The van der Waals surface area contributed by atoms with Gasteiger partial charge in [-0.1, -0.05) is 26.7 Å². The van der Waals surface area contributed by atoms with E-state index in [4.69, 9.17) is 9.47 Å². The Labute approximate surface area is 147 Å². The summed E-state index contributed by atoms with van der Waals surface area (Å²) in [6, 6.07) is 4.50. The summed E-state index contributed by atoms with van der Waals surface area (Å²) in [5, 5.41) is 0. The molecule has 0 radical (unpaired) electrons. The summed E-state index contributed by atoms with van der Waals surface area (Å²) >= 11 is 0. The van der Waals surface area contributed by atoms with Crippen molar-refractivity contribution >= 4 is 5.57 Å². The molecule has 24 heavy (non-hydrogen) atoms. The molecule has 0 amide bonds. The van der Waals surface area contributed by atoms with Crippen LogP contribution in [0.4, 0.5) is 0 Å². The fourth-order valence-corrected chi connectivity index (χ4v) is 4.28. The van der Waals surface area contributed by atoms with Gasteiger partial charge in [-0.25, -0.2) is 0 Å². The van der Waals surface area contributed by atoms with E-state index in [9.17, 15) is 0 Å². The number of rotatable bonds is 5. The number of ether oxygens (including phenoxy) is 2. The minimum Gasteiger partial charge on any atom is -0.496 e. The van der Waals surface area contributed by atoms with E-state index in [-0.39, 0.29) is 5.60 Å². The Morgan fingerprint density at radius 2 is 2.04 bits per heavy atom. The number of methoxy groups -OCH3 is 1. The highest BCUT2D eigenvalue weighted by Crippen LogP contribution is 2.51. The van der Waals surface area contributed by atoms with Gasteiger partial charge in [0, 0.05) is 0 Å². The van der Waals surface area contributed by atoms with Gasteiger partial charge in [-0.3, -0.25) is 0 Å². The molecule has 0 fully saturated rings. The molecule has 1 aliphatic carbocycles. The molecule has 1 atom stereocenters. The van der Waals surface area contributed by atoms with Gasteiger partial charge >= 0.3 is 0 Å². The predicted octanol–water partition coefficient (Wildman–Crippen LogP) is 6.17. The normalized spacial score (nSPS) is 21.8. The first-order valence-corrected chi connectivity index (χ1v) is 9.59. The number of aryl methyl sites for hydroxylation is 1. The SMILES string of the molecule is CCCCCc1cc(OC)c2c(c1)OC(C)(C)C1=C2CC(C)CC1. The third kappa shape index (κ3) is 3.20. The van der Waals surface area contributed by atoms with Gasteiger partial charge in [-0.15, -0.1) is 0 Å². The minimum atomic E-state index is -0.199. The van der Waals surface area contributed by atoms with Gasteiger partial charge in [0.05, 0.1) is 12.7 Å². The second-order valence-electron chi connectivity index (χ2n) is 8.05. The number of allylic oxidation sites excluding steroid dienone is 1. The number of benzene rings is 1. The lowest BCUT2D eigenvalue weighted by Gasteiger charge is -2.41. The molecule has 0 aromatic heterocycles. The Bertz CT molecular complexity index is 640. The molecule has 3 rings (SSSR count). The van der Waals surface area contributed by atoms with Gasteiger partial charge in [-0.2, -0.15) is 0 Å². The third-order valence-corrected chi connectivity index (χ3v) is 5.61. The zero-order valence-electron chi connectivity index (χ0n) is 16.0. The molecule has 0 spiro atoms. The van der Waals surface area contributed by atoms with E-state index in [1.54, 1.807) is 7.11 Å². The van der Waals surface area contributed by atoms with E-state index in [1.807, 2.05) is 0 Å². The summed E-state index contributed by atoms with van der Waals surface area (Å²) in [5.74, 6) is 2.76. The van der Waals surface area contributed by atoms with Crippen molar-refractivity contribution < 1.29 is 9.47 Å². The first kappa shape index (κ1) is 17.4. The molecule has 0 saturated heterocycles. The summed E-state index contributed by atoms with van der Waals surface area (Å²) in [4.78, 5) is 0. The smallest absolute Gasteiger partial charge is 0.132 e. The molecular weight excluding hydrogens is 296 g/mol. The molecule has 1 aliphatic heterocycles. The van der Waals surface area contributed by atoms with Crippen LogP contribution in [0.5, 0.6) is 11.5 Å². The maximum Gasteiger partial charge on any atom is 0.132 e. The van der Waals surface area contributed by atoms with Crippen LogP contribution in [0.1, 0.15) is 77.3 Å². The first-order valence-electron chi connectivity index (χ1n) is 9.59. The molecule has 0 bridgehead atoms. The molecule has 0 saturated carbocycles. The molecule has 1 heterocycles. The van der Waals surface area contributed by atoms with Crippen LogP contribution >= 0.6 is 0 Å². The van der Waals surface area contributed by atoms with Crippen molar-refractivity contribution in [2.24, 2.45) is 5.92 Å². The van der Waals surface area contributed by atoms with E-state index in [1.165, 1.54) is 48.0 Å². The zero-order chi connectivity index (χ0) is 17.3. The Kier molecular flexibility index (Phi) is 4.94. The summed E-state index contributed by atoms with van der Waals surface area (Å²) in [6.45, 7) is 9.05. The minimum absolute atomic E-state index is 0.199. The Balaban J connectivity index is 2.05. The maximum atomic E-state index is 6.48. The van der Waals surface area contributed by atoms with E-state index in [2.05, 4.69) is 39.8 Å². The van der Waals surface area contributed by atoms with Crippen LogP contribution in [0.25, 0.3) is 5.57 Å². The molecule has 2 aliphatic rings. The second-order valence-corrected chi connectivity index (χ2v) is 8.05. The number of unbranched alkanes of at least 4 members (excludes halogenated alkanes) is 2. The molecule has 0 N–H and O–H groups in total. The topological polar surface area (TPSA) is 18.5 Å². The number of fused-ring (bicyclic) bond motifs is 2. The van der Waals surface area contributed by atoms with Gasteiger partial charge in [0.25, 0.3) is 0 Å². The fraction of sp³-hybridized carbons (Fsp3) is 0.636. The number of hydrogen-bond donors (Lipinski definition) is 0. The molecule has 1 unspecified atom stereocenters. The van der Waals surface area contributed by atoms with Gasteiger partial charge in [0.2, 0.25) is 0 Å². The lowest BCUT2D eigenvalue weighted by molar-refractivity contribution is 0.135. The predicted molar refractivity (Wildman–Crippen MR) is 101 cm³/mol. The monoisotopic (exact) mass is 328 g/mol. The summed E-state index contributed by atoms with van der Waals surface area (Å²) < 4.78 is 12.3. The third-order valence-electron chi connectivity index (χ3n) is 5.61. The molecule has 2 nitrogen and oxygen atoms in total. The number of hydrogen-bond acceptors (Lipinski definition) is 2. The quantitative estimate of drug-likeness (QED) is 0.601. The Morgan fingerprint density at radius 1 is 1.25 bits per heavy atom. The van der Waals surface area contributed by atoms with E-state index < -0.39 is 0 Å². The standard InChI is InChI=1S/C22H32O2/c1-6-7-8-9-16-13-19(23-5)21-17-12-15(2)10-11-18(17)22(3,4)24-20(21)14-16/h13-15H,6-12H2,1-5H3. The fourth-order valence-electron chi connectivity index (χ4n) is 4.28. The molecule has 1 aromatic rings. The lowest BCUT2D eigenvalue weighted by Crippen LogP contribution is -2.36. The largest absolute Gasteiger partial charge is 0.496 e. The molecular formula is C22H32O2. The Hall–Kier alpha value is -1.44. The van der Waals surface area contributed by atoms with Crippen molar-refractivity contribution in [1.29, 1.82) is 0 Å². The Morgan fingerprint density at radius 3 is 2.75 bits per heavy atom. The van der Waals surface area contributed by atoms with Crippen LogP contribution in [0.3, 0.4) is 0 Å². The maximum absolute atomic E-state index is 6.48. The van der Waals surface area contributed by atoms with Crippen molar-refractivity contribution in [3.8, 4) is 11.5 Å². The first-order chi connectivity index (χ1) is 11.5. The van der Waals surface area contributed by atoms with Crippen molar-refractivity contribution in [2.45, 2.75) is 78.2 Å². The highest BCUT2D eigenvalue weighted by Gasteiger charge is 2.38. The summed E-state index contributed by atoms with van der Waals surface area (Å²) in [7, 11) is 1.79. The highest BCUT2D eigenvalue weighted by atomic mass is 16.5. The van der Waals surface area contributed by atoms with E-state index >= 15 is 0 Å².